The highest BCUT2D eigenvalue weighted by molar-refractivity contribution is 6.00. The van der Waals surface area contributed by atoms with Crippen LogP contribution in [0.25, 0.3) is 0 Å². The Morgan fingerprint density at radius 2 is 1.81 bits per heavy atom. The molecule has 7 nitrogen and oxygen atoms in total. The van der Waals surface area contributed by atoms with Crippen LogP contribution in [-0.2, 0) is 9.59 Å². The van der Waals surface area contributed by atoms with Crippen LogP contribution in [0.15, 0.2) is 18.2 Å². The number of amides is 2. The van der Waals surface area contributed by atoms with Gasteiger partial charge in [0, 0.05) is 50.3 Å². The van der Waals surface area contributed by atoms with Gasteiger partial charge in [0.25, 0.3) is 0 Å². The van der Waals surface area contributed by atoms with Gasteiger partial charge in [0.2, 0.25) is 11.8 Å². The maximum Gasteiger partial charge on any atom is 0.228 e. The lowest BCUT2D eigenvalue weighted by atomic mass is 10.0. The van der Waals surface area contributed by atoms with E-state index in [9.17, 15) is 9.59 Å². The van der Waals surface area contributed by atoms with Crippen molar-refractivity contribution in [1.29, 1.82) is 0 Å². The zero-order valence-corrected chi connectivity index (χ0v) is 16.9. The quantitative estimate of drug-likeness (QED) is 0.818. The van der Waals surface area contributed by atoms with Crippen molar-refractivity contribution in [3.05, 3.63) is 18.2 Å². The normalized spacial score (nSPS) is 22.4. The summed E-state index contributed by atoms with van der Waals surface area (Å²) >= 11 is 0. The van der Waals surface area contributed by atoms with E-state index in [1.807, 2.05) is 11.9 Å². The van der Waals surface area contributed by atoms with Crippen LogP contribution >= 0.6 is 12.4 Å². The standard InChI is InChI=1S/C19H27N3O4.ClH/c1-20-14-5-4-6-21(12-14)19(24)13-7-18(23)22(11-13)15-8-16(25-2)10-17(9-15)26-3;/h8-10,13-14,20H,4-7,11-12H2,1-3H3;1H. The number of likely N-dealkylation sites (tertiary alicyclic amines) is 1. The Bertz CT molecular complexity index is 663. The molecule has 2 unspecified atom stereocenters. The number of carbonyl (C=O) groups excluding carboxylic acids is 2. The van der Waals surface area contributed by atoms with Crippen LogP contribution in [0.2, 0.25) is 0 Å². The van der Waals surface area contributed by atoms with Gasteiger partial charge in [0.05, 0.1) is 25.8 Å². The van der Waals surface area contributed by atoms with E-state index >= 15 is 0 Å². The Morgan fingerprint density at radius 3 is 2.41 bits per heavy atom. The first-order valence-electron chi connectivity index (χ1n) is 9.05. The number of carbonyl (C=O) groups is 2. The third-order valence-corrected chi connectivity index (χ3v) is 5.26. The Kier molecular flexibility index (Phi) is 7.33. The van der Waals surface area contributed by atoms with Crippen LogP contribution in [0.3, 0.4) is 0 Å². The monoisotopic (exact) mass is 397 g/mol. The number of methoxy groups -OCH3 is 2. The topological polar surface area (TPSA) is 71.1 Å². The maximum absolute atomic E-state index is 12.9. The third-order valence-electron chi connectivity index (χ3n) is 5.26. The number of hydrogen-bond acceptors (Lipinski definition) is 5. The van der Waals surface area contributed by atoms with Gasteiger partial charge in [-0.25, -0.2) is 0 Å². The number of nitrogens with zero attached hydrogens (tertiary/aromatic N) is 2. The largest absolute Gasteiger partial charge is 0.497 e. The first-order chi connectivity index (χ1) is 12.5. The van der Waals surface area contributed by atoms with Gasteiger partial charge in [0.15, 0.2) is 0 Å². The van der Waals surface area contributed by atoms with E-state index in [1.165, 1.54) is 0 Å². The number of halogens is 1. The molecule has 0 spiro atoms. The lowest BCUT2D eigenvalue weighted by Gasteiger charge is -2.34. The average molecular weight is 398 g/mol. The van der Waals surface area contributed by atoms with Crippen LogP contribution in [0.1, 0.15) is 19.3 Å². The van der Waals surface area contributed by atoms with Gasteiger partial charge in [-0.05, 0) is 19.9 Å². The fraction of sp³-hybridized carbons (Fsp3) is 0.579. The molecule has 0 bridgehead atoms. The number of anilines is 1. The molecule has 27 heavy (non-hydrogen) atoms. The molecule has 2 heterocycles. The minimum absolute atomic E-state index is 0. The smallest absolute Gasteiger partial charge is 0.228 e. The van der Waals surface area contributed by atoms with E-state index in [1.54, 1.807) is 37.3 Å². The molecule has 1 aromatic rings. The molecule has 2 aliphatic heterocycles. The molecule has 1 aromatic carbocycles. The molecule has 0 aliphatic carbocycles. The summed E-state index contributed by atoms with van der Waals surface area (Å²) in [5, 5.41) is 3.25. The summed E-state index contributed by atoms with van der Waals surface area (Å²) in [6.07, 6.45) is 2.33. The third kappa shape index (κ3) is 4.65. The molecule has 1 N–H and O–H groups in total. The molecular weight excluding hydrogens is 370 g/mol. The van der Waals surface area contributed by atoms with Crippen molar-refractivity contribution in [3.8, 4) is 11.5 Å². The Labute approximate surface area is 166 Å². The molecule has 2 atom stereocenters. The SMILES string of the molecule is CNC1CCCN(C(=O)C2CC(=O)N(c3cc(OC)cc(OC)c3)C2)C1.Cl. The summed E-state index contributed by atoms with van der Waals surface area (Å²) in [4.78, 5) is 29.0. The zero-order chi connectivity index (χ0) is 18.7. The molecule has 0 radical (unpaired) electrons. The van der Waals surface area contributed by atoms with Crippen LogP contribution in [0, 0.1) is 5.92 Å². The van der Waals surface area contributed by atoms with Crippen molar-refractivity contribution in [2.75, 3.05) is 45.8 Å². The second-order valence-electron chi connectivity index (χ2n) is 6.89. The van der Waals surface area contributed by atoms with Gasteiger partial charge in [0.1, 0.15) is 11.5 Å². The Balaban J connectivity index is 0.00000261. The molecule has 0 saturated carbocycles. The van der Waals surface area contributed by atoms with Crippen molar-refractivity contribution in [2.24, 2.45) is 5.92 Å². The fourth-order valence-corrected chi connectivity index (χ4v) is 3.74. The molecule has 2 aliphatic rings. The number of benzene rings is 1. The molecule has 3 rings (SSSR count). The first-order valence-corrected chi connectivity index (χ1v) is 9.05. The van der Waals surface area contributed by atoms with Crippen LogP contribution in [-0.4, -0.2) is 63.7 Å². The summed E-state index contributed by atoms with van der Waals surface area (Å²) in [5.41, 5.74) is 0.702. The maximum atomic E-state index is 12.9. The van der Waals surface area contributed by atoms with Crippen molar-refractivity contribution in [1.82, 2.24) is 10.2 Å². The predicted molar refractivity (Wildman–Crippen MR) is 106 cm³/mol. The summed E-state index contributed by atoms with van der Waals surface area (Å²) in [7, 11) is 5.08. The molecule has 8 heteroatoms. The number of likely N-dealkylation sites (N-methyl/N-ethyl adjacent to an activating group) is 1. The molecule has 2 amide bonds. The summed E-state index contributed by atoms with van der Waals surface area (Å²) in [5.74, 6) is 0.983. The number of ether oxygens (including phenoxy) is 2. The van der Waals surface area contributed by atoms with Gasteiger partial charge < -0.3 is 24.6 Å². The molecule has 2 fully saturated rings. The van der Waals surface area contributed by atoms with Crippen molar-refractivity contribution in [2.45, 2.75) is 25.3 Å². The van der Waals surface area contributed by atoms with Gasteiger partial charge in [-0.15, -0.1) is 12.4 Å². The zero-order valence-electron chi connectivity index (χ0n) is 16.1. The second-order valence-corrected chi connectivity index (χ2v) is 6.89. The predicted octanol–water partition coefficient (Wildman–Crippen LogP) is 1.69. The van der Waals surface area contributed by atoms with Crippen molar-refractivity contribution >= 4 is 29.9 Å². The van der Waals surface area contributed by atoms with Crippen molar-refractivity contribution in [3.63, 3.8) is 0 Å². The van der Waals surface area contributed by atoms with E-state index < -0.39 is 0 Å². The van der Waals surface area contributed by atoms with E-state index in [0.717, 1.165) is 19.4 Å². The number of hydrogen-bond donors (Lipinski definition) is 1. The lowest BCUT2D eigenvalue weighted by Crippen LogP contribution is -2.49. The summed E-state index contributed by atoms with van der Waals surface area (Å²) in [6, 6.07) is 5.69. The highest BCUT2D eigenvalue weighted by Gasteiger charge is 2.38. The number of rotatable bonds is 5. The number of piperidine rings is 1. The molecule has 150 valence electrons. The van der Waals surface area contributed by atoms with E-state index in [4.69, 9.17) is 9.47 Å². The fourth-order valence-electron chi connectivity index (χ4n) is 3.74. The summed E-state index contributed by atoms with van der Waals surface area (Å²) < 4.78 is 10.6. The van der Waals surface area contributed by atoms with E-state index in [0.29, 0.717) is 36.3 Å². The van der Waals surface area contributed by atoms with E-state index in [-0.39, 0.29) is 36.6 Å². The second kappa shape index (κ2) is 9.28. The van der Waals surface area contributed by atoms with Gasteiger partial charge in [-0.2, -0.15) is 0 Å². The van der Waals surface area contributed by atoms with Crippen molar-refractivity contribution < 1.29 is 19.1 Å². The van der Waals surface area contributed by atoms with Crippen LogP contribution in [0.4, 0.5) is 5.69 Å². The average Bonchev–Trinajstić information content (AvgIpc) is 3.08. The Hall–Kier alpha value is -1.99. The highest BCUT2D eigenvalue weighted by Crippen LogP contribution is 2.33. The highest BCUT2D eigenvalue weighted by atomic mass is 35.5. The minimum Gasteiger partial charge on any atom is -0.497 e. The van der Waals surface area contributed by atoms with Gasteiger partial charge in [-0.3, -0.25) is 9.59 Å². The molecule has 0 aromatic heterocycles. The van der Waals surface area contributed by atoms with Gasteiger partial charge >= 0.3 is 0 Å². The van der Waals surface area contributed by atoms with E-state index in [2.05, 4.69) is 5.32 Å². The summed E-state index contributed by atoms with van der Waals surface area (Å²) in [6.45, 7) is 1.89. The van der Waals surface area contributed by atoms with Crippen LogP contribution < -0.4 is 19.7 Å². The first kappa shape index (κ1) is 21.3. The van der Waals surface area contributed by atoms with Gasteiger partial charge in [-0.1, -0.05) is 0 Å². The number of nitrogens with one attached hydrogen (secondary N) is 1. The molecular formula is C19H28ClN3O4. The minimum atomic E-state index is -0.296. The molecule has 2 saturated heterocycles. The van der Waals surface area contributed by atoms with Crippen LogP contribution in [0.5, 0.6) is 11.5 Å². The lowest BCUT2D eigenvalue weighted by molar-refractivity contribution is -0.137. The Morgan fingerprint density at radius 1 is 1.15 bits per heavy atom.